The summed E-state index contributed by atoms with van der Waals surface area (Å²) < 4.78 is 70.5. The van der Waals surface area contributed by atoms with E-state index in [0.717, 1.165) is 43.4 Å². The van der Waals surface area contributed by atoms with E-state index in [0.29, 0.717) is 21.0 Å². The summed E-state index contributed by atoms with van der Waals surface area (Å²) in [6.45, 7) is -1.16. The van der Waals surface area contributed by atoms with Crippen LogP contribution in [0.5, 0.6) is 0 Å². The third-order valence-corrected chi connectivity index (χ3v) is 10.9. The molecule has 1 saturated carbocycles. The van der Waals surface area contributed by atoms with E-state index in [2.05, 4.69) is 5.32 Å². The van der Waals surface area contributed by atoms with E-state index in [-0.39, 0.29) is 28.9 Å². The summed E-state index contributed by atoms with van der Waals surface area (Å²) in [6.07, 6.45) is -1.31. The lowest BCUT2D eigenvalue weighted by Gasteiger charge is -2.34. The first kappa shape index (κ1) is 36.2. The van der Waals surface area contributed by atoms with Gasteiger partial charge in [-0.1, -0.05) is 103 Å². The number of anilines is 1. The molecule has 0 aromatic heterocycles. The van der Waals surface area contributed by atoms with Gasteiger partial charge < -0.3 is 10.2 Å². The molecule has 1 atom stereocenters. The third kappa shape index (κ3) is 8.95. The minimum absolute atomic E-state index is 0.0747. The van der Waals surface area contributed by atoms with Crippen LogP contribution < -0.4 is 9.62 Å². The quantitative estimate of drug-likeness (QED) is 0.161. The van der Waals surface area contributed by atoms with Gasteiger partial charge in [0, 0.05) is 24.0 Å². The summed E-state index contributed by atoms with van der Waals surface area (Å²) in [5, 5.41) is 3.05. The van der Waals surface area contributed by atoms with Crippen LogP contribution in [0.15, 0.2) is 108 Å². The highest BCUT2D eigenvalue weighted by Gasteiger charge is 2.38. The van der Waals surface area contributed by atoms with Gasteiger partial charge in [0.05, 0.1) is 21.2 Å². The summed E-state index contributed by atoms with van der Waals surface area (Å²) >= 11 is 12.9. The number of rotatable bonds is 12. The van der Waals surface area contributed by atoms with Gasteiger partial charge in [0.2, 0.25) is 11.8 Å². The molecule has 0 heterocycles. The average molecular weight is 733 g/mol. The highest BCUT2D eigenvalue weighted by atomic mass is 35.5. The molecule has 4 aromatic rings. The van der Waals surface area contributed by atoms with E-state index >= 15 is 0 Å². The maximum atomic E-state index is 14.6. The molecule has 13 heteroatoms. The van der Waals surface area contributed by atoms with Crippen LogP contribution in [0.25, 0.3) is 0 Å². The van der Waals surface area contributed by atoms with Gasteiger partial charge in [0.1, 0.15) is 12.6 Å². The molecule has 49 heavy (non-hydrogen) atoms. The molecular weight excluding hydrogens is 698 g/mol. The Kier molecular flexibility index (Phi) is 11.6. The van der Waals surface area contributed by atoms with Crippen molar-refractivity contribution in [2.75, 3.05) is 10.8 Å². The number of hydrogen-bond donors (Lipinski definition) is 1. The number of sulfonamides is 1. The molecule has 258 valence electrons. The molecule has 0 saturated heterocycles. The second-order valence-electron chi connectivity index (χ2n) is 11.8. The largest absolute Gasteiger partial charge is 0.416 e. The van der Waals surface area contributed by atoms with E-state index in [1.165, 1.54) is 29.2 Å². The summed E-state index contributed by atoms with van der Waals surface area (Å²) in [5.74, 6) is -1.29. The SMILES string of the molecule is O=C(NC1CCCC1)C(Cc1ccccc1)N(Cc1ccccc1Cl)C(=O)CN(c1cc(C(F)(F)F)ccc1Cl)S(=O)(=O)c1ccccc1. The Bertz CT molecular complexity index is 1870. The molecule has 1 aliphatic rings. The third-order valence-electron chi connectivity index (χ3n) is 8.42. The summed E-state index contributed by atoms with van der Waals surface area (Å²) in [4.78, 5) is 29.7. The second kappa shape index (κ2) is 15.7. The van der Waals surface area contributed by atoms with E-state index < -0.39 is 51.9 Å². The molecule has 4 aromatic carbocycles. The van der Waals surface area contributed by atoms with E-state index in [1.807, 2.05) is 18.2 Å². The average Bonchev–Trinajstić information content (AvgIpc) is 3.59. The van der Waals surface area contributed by atoms with Crippen LogP contribution >= 0.6 is 23.2 Å². The molecule has 1 unspecified atom stereocenters. The highest BCUT2D eigenvalue weighted by molar-refractivity contribution is 7.92. The van der Waals surface area contributed by atoms with Gasteiger partial charge >= 0.3 is 6.18 Å². The Hall–Kier alpha value is -4.06. The lowest BCUT2D eigenvalue weighted by molar-refractivity contribution is -0.140. The van der Waals surface area contributed by atoms with Crippen LogP contribution in [0.3, 0.4) is 0 Å². The molecule has 5 rings (SSSR count). The van der Waals surface area contributed by atoms with Crippen LogP contribution in [0.4, 0.5) is 18.9 Å². The predicted molar refractivity (Wildman–Crippen MR) is 184 cm³/mol. The van der Waals surface area contributed by atoms with Crippen LogP contribution in [-0.4, -0.2) is 43.8 Å². The number of nitrogens with one attached hydrogen (secondary N) is 1. The number of benzene rings is 4. The minimum atomic E-state index is -4.83. The molecule has 7 nitrogen and oxygen atoms in total. The normalized spacial score (nSPS) is 14.3. The Morgan fingerprint density at radius 1 is 0.837 bits per heavy atom. The van der Waals surface area contributed by atoms with Crippen LogP contribution in [-0.2, 0) is 38.8 Å². The van der Waals surface area contributed by atoms with Crippen molar-refractivity contribution in [2.24, 2.45) is 0 Å². The Morgan fingerprint density at radius 2 is 1.45 bits per heavy atom. The smallest absolute Gasteiger partial charge is 0.352 e. The molecule has 0 radical (unpaired) electrons. The summed E-state index contributed by atoms with van der Waals surface area (Å²) in [6, 6.07) is 23.8. The Labute approximate surface area is 293 Å². The first-order valence-electron chi connectivity index (χ1n) is 15.7. The van der Waals surface area contributed by atoms with Crippen LogP contribution in [0, 0.1) is 0 Å². The highest BCUT2D eigenvalue weighted by Crippen LogP contribution is 2.37. The monoisotopic (exact) mass is 731 g/mol. The zero-order valence-corrected chi connectivity index (χ0v) is 28.6. The van der Waals surface area contributed by atoms with Gasteiger partial charge in [-0.05, 0) is 60.4 Å². The zero-order chi connectivity index (χ0) is 35.2. The van der Waals surface area contributed by atoms with Crippen LogP contribution in [0.2, 0.25) is 10.0 Å². The number of carbonyl (C=O) groups excluding carboxylic acids is 2. The fourth-order valence-electron chi connectivity index (χ4n) is 5.84. The van der Waals surface area contributed by atoms with Crippen molar-refractivity contribution in [3.63, 3.8) is 0 Å². The number of carbonyl (C=O) groups is 2. The number of alkyl halides is 3. The van der Waals surface area contributed by atoms with Crippen LogP contribution in [0.1, 0.15) is 42.4 Å². The van der Waals surface area contributed by atoms with E-state index in [9.17, 15) is 31.2 Å². The van der Waals surface area contributed by atoms with E-state index in [1.54, 1.807) is 42.5 Å². The standard InChI is InChI=1S/C36H34Cl2F3N3O4S/c37-30-18-10-7-13-26(30)23-43(33(21-25-11-3-1-4-12-25)35(46)42-28-14-8-9-15-28)34(45)24-44(49(47,48)29-16-5-2-6-17-29)32-22-27(36(39,40)41)19-20-31(32)38/h1-7,10-13,16-20,22,28,33H,8-9,14-15,21,23-24H2,(H,42,46). The Morgan fingerprint density at radius 3 is 2.08 bits per heavy atom. The van der Waals surface area contributed by atoms with Crippen molar-refractivity contribution in [1.29, 1.82) is 0 Å². The van der Waals surface area contributed by atoms with Crippen molar-refractivity contribution < 1.29 is 31.2 Å². The fraction of sp³-hybridized carbons (Fsp3) is 0.278. The maximum Gasteiger partial charge on any atom is 0.416 e. The molecular formula is C36H34Cl2F3N3O4S. The topological polar surface area (TPSA) is 86.8 Å². The molecule has 2 amide bonds. The van der Waals surface area contributed by atoms with Crippen molar-refractivity contribution in [3.05, 3.63) is 130 Å². The minimum Gasteiger partial charge on any atom is -0.352 e. The van der Waals surface area contributed by atoms with Gasteiger partial charge in [-0.3, -0.25) is 13.9 Å². The van der Waals surface area contributed by atoms with Crippen molar-refractivity contribution in [3.8, 4) is 0 Å². The predicted octanol–water partition coefficient (Wildman–Crippen LogP) is 7.91. The van der Waals surface area contributed by atoms with Gasteiger partial charge in [0.15, 0.2) is 0 Å². The van der Waals surface area contributed by atoms with Gasteiger partial charge in [-0.2, -0.15) is 13.2 Å². The Balaban J connectivity index is 1.62. The lowest BCUT2D eigenvalue weighted by atomic mass is 10.0. The molecule has 0 aliphatic heterocycles. The van der Waals surface area contributed by atoms with Crippen molar-refractivity contribution >= 4 is 50.7 Å². The fourth-order valence-corrected chi connectivity index (χ4v) is 7.76. The molecule has 1 aliphatic carbocycles. The molecule has 0 bridgehead atoms. The maximum absolute atomic E-state index is 14.6. The first-order chi connectivity index (χ1) is 23.3. The molecule has 0 spiro atoms. The lowest BCUT2D eigenvalue weighted by Crippen LogP contribution is -2.54. The summed E-state index contributed by atoms with van der Waals surface area (Å²) in [5.41, 5.74) is -0.473. The molecule has 1 N–H and O–H groups in total. The zero-order valence-electron chi connectivity index (χ0n) is 26.2. The number of halogens is 5. The van der Waals surface area contributed by atoms with E-state index in [4.69, 9.17) is 23.2 Å². The van der Waals surface area contributed by atoms with Gasteiger partial charge in [0.25, 0.3) is 10.0 Å². The second-order valence-corrected chi connectivity index (χ2v) is 14.5. The van der Waals surface area contributed by atoms with Crippen molar-refractivity contribution in [2.45, 2.75) is 61.8 Å². The van der Waals surface area contributed by atoms with Crippen molar-refractivity contribution in [1.82, 2.24) is 10.2 Å². The van der Waals surface area contributed by atoms with Gasteiger partial charge in [-0.25, -0.2) is 8.42 Å². The van der Waals surface area contributed by atoms with Gasteiger partial charge in [-0.15, -0.1) is 0 Å². The number of amides is 2. The number of hydrogen-bond acceptors (Lipinski definition) is 4. The first-order valence-corrected chi connectivity index (χ1v) is 17.9. The molecule has 1 fully saturated rings. The number of nitrogens with zero attached hydrogens (tertiary/aromatic N) is 2. The summed E-state index contributed by atoms with van der Waals surface area (Å²) in [7, 11) is -4.66.